The van der Waals surface area contributed by atoms with E-state index in [4.69, 9.17) is 5.73 Å². The van der Waals surface area contributed by atoms with E-state index in [1.54, 1.807) is 0 Å². The maximum Gasteiger partial charge on any atom is 0.188 e. The first-order valence-corrected chi connectivity index (χ1v) is 7.55. The van der Waals surface area contributed by atoms with Gasteiger partial charge in [-0.2, -0.15) is 0 Å². The van der Waals surface area contributed by atoms with E-state index in [0.29, 0.717) is 12.0 Å². The Labute approximate surface area is 112 Å². The van der Waals surface area contributed by atoms with Gasteiger partial charge >= 0.3 is 0 Å². The highest BCUT2D eigenvalue weighted by molar-refractivity contribution is 5.78. The van der Waals surface area contributed by atoms with Crippen LogP contribution in [-0.2, 0) is 0 Å². The Balaban J connectivity index is 2.12. The molecule has 1 fully saturated rings. The van der Waals surface area contributed by atoms with E-state index in [2.05, 4.69) is 29.1 Å². The van der Waals surface area contributed by atoms with Crippen molar-refractivity contribution in [2.24, 2.45) is 10.7 Å². The second kappa shape index (κ2) is 9.20. The summed E-state index contributed by atoms with van der Waals surface area (Å²) in [6.45, 7) is 8.60. The molecule has 4 nitrogen and oxygen atoms in total. The molecule has 3 N–H and O–H groups in total. The summed E-state index contributed by atoms with van der Waals surface area (Å²) in [5.41, 5.74) is 5.91. The highest BCUT2D eigenvalue weighted by Gasteiger charge is 2.12. The summed E-state index contributed by atoms with van der Waals surface area (Å²) in [6, 6.07) is 0.560. The lowest BCUT2D eigenvalue weighted by Crippen LogP contribution is -2.41. The minimum absolute atomic E-state index is 0.560. The Morgan fingerprint density at radius 3 is 2.50 bits per heavy atom. The normalized spacial score (nSPS) is 18.3. The van der Waals surface area contributed by atoms with E-state index < -0.39 is 0 Å². The summed E-state index contributed by atoms with van der Waals surface area (Å²) in [5, 5.41) is 3.35. The zero-order valence-electron chi connectivity index (χ0n) is 12.1. The molecule has 1 rings (SSSR count). The van der Waals surface area contributed by atoms with Gasteiger partial charge in [0.2, 0.25) is 0 Å². The van der Waals surface area contributed by atoms with Crippen LogP contribution in [0.15, 0.2) is 4.99 Å². The monoisotopic (exact) mass is 254 g/mol. The number of rotatable bonds is 7. The van der Waals surface area contributed by atoms with Gasteiger partial charge in [0.05, 0.1) is 0 Å². The van der Waals surface area contributed by atoms with Crippen LogP contribution < -0.4 is 11.1 Å². The molecule has 0 radical (unpaired) electrons. The summed E-state index contributed by atoms with van der Waals surface area (Å²) < 4.78 is 0. The van der Waals surface area contributed by atoms with Crippen molar-refractivity contribution in [3.8, 4) is 0 Å². The smallest absolute Gasteiger partial charge is 0.188 e. The highest BCUT2D eigenvalue weighted by atomic mass is 15.1. The van der Waals surface area contributed by atoms with Gasteiger partial charge in [-0.1, -0.05) is 33.1 Å². The van der Waals surface area contributed by atoms with Gasteiger partial charge in [0.1, 0.15) is 0 Å². The zero-order valence-corrected chi connectivity index (χ0v) is 12.1. The molecule has 0 atom stereocenters. The summed E-state index contributed by atoms with van der Waals surface area (Å²) in [7, 11) is 0. The number of guanidine groups is 1. The van der Waals surface area contributed by atoms with Crippen molar-refractivity contribution in [2.75, 3.05) is 26.2 Å². The first-order valence-electron chi connectivity index (χ1n) is 7.55. The van der Waals surface area contributed by atoms with Crippen molar-refractivity contribution < 1.29 is 0 Å². The molecule has 0 aliphatic heterocycles. The Kier molecular flexibility index (Phi) is 7.81. The molecule has 0 heterocycles. The van der Waals surface area contributed by atoms with Gasteiger partial charge in [-0.25, -0.2) is 0 Å². The summed E-state index contributed by atoms with van der Waals surface area (Å²) in [6.07, 6.45) is 7.61. The third-order valence-corrected chi connectivity index (χ3v) is 3.77. The zero-order chi connectivity index (χ0) is 13.2. The van der Waals surface area contributed by atoms with E-state index in [1.165, 1.54) is 32.1 Å². The fraction of sp³-hybridized carbons (Fsp3) is 0.929. The topological polar surface area (TPSA) is 53.6 Å². The number of hydrogen-bond acceptors (Lipinski definition) is 2. The molecular weight excluding hydrogens is 224 g/mol. The number of hydrogen-bond donors (Lipinski definition) is 2. The molecule has 0 saturated heterocycles. The average Bonchev–Trinajstić information content (AvgIpc) is 2.40. The summed E-state index contributed by atoms with van der Waals surface area (Å²) in [5.74, 6) is 0.640. The van der Waals surface area contributed by atoms with Crippen molar-refractivity contribution in [1.82, 2.24) is 10.2 Å². The van der Waals surface area contributed by atoms with Crippen LogP contribution in [0.4, 0.5) is 0 Å². The molecule has 106 valence electrons. The first-order chi connectivity index (χ1) is 8.76. The maximum atomic E-state index is 5.91. The molecule has 0 aromatic heterocycles. The van der Waals surface area contributed by atoms with Gasteiger partial charge in [0, 0.05) is 12.6 Å². The molecule has 0 amide bonds. The molecule has 18 heavy (non-hydrogen) atoms. The molecular formula is C14H30N4. The molecule has 1 aliphatic rings. The van der Waals surface area contributed by atoms with E-state index in [0.717, 1.165) is 32.6 Å². The summed E-state index contributed by atoms with van der Waals surface area (Å²) >= 11 is 0. The largest absolute Gasteiger partial charge is 0.370 e. The quantitative estimate of drug-likeness (QED) is 0.415. The van der Waals surface area contributed by atoms with Crippen LogP contribution in [0.3, 0.4) is 0 Å². The number of nitrogens with zero attached hydrogens (tertiary/aromatic N) is 2. The van der Waals surface area contributed by atoms with Crippen molar-refractivity contribution in [1.29, 1.82) is 0 Å². The molecule has 1 saturated carbocycles. The van der Waals surface area contributed by atoms with E-state index in [1.807, 2.05) is 0 Å². The molecule has 0 aromatic carbocycles. The number of nitrogens with two attached hydrogens (primary N) is 1. The van der Waals surface area contributed by atoms with Crippen LogP contribution in [0.25, 0.3) is 0 Å². The Morgan fingerprint density at radius 2 is 1.89 bits per heavy atom. The van der Waals surface area contributed by atoms with Gasteiger partial charge in [0.15, 0.2) is 5.96 Å². The van der Waals surface area contributed by atoms with Crippen molar-refractivity contribution in [3.05, 3.63) is 0 Å². The maximum absolute atomic E-state index is 5.91. The number of nitrogens with one attached hydrogen (secondary N) is 1. The third kappa shape index (κ3) is 6.24. The van der Waals surface area contributed by atoms with E-state index in [-0.39, 0.29) is 0 Å². The molecule has 1 aliphatic carbocycles. The van der Waals surface area contributed by atoms with Gasteiger partial charge < -0.3 is 16.0 Å². The SMILES string of the molecule is CCN(CC)CCCN=C(N)NC1CCCCC1. The van der Waals surface area contributed by atoms with E-state index >= 15 is 0 Å². The second-order valence-corrected chi connectivity index (χ2v) is 5.13. The lowest BCUT2D eigenvalue weighted by molar-refractivity contribution is 0.302. The van der Waals surface area contributed by atoms with E-state index in [9.17, 15) is 0 Å². The second-order valence-electron chi connectivity index (χ2n) is 5.13. The fourth-order valence-electron chi connectivity index (χ4n) is 2.54. The molecule has 4 heteroatoms. The Hall–Kier alpha value is -0.770. The van der Waals surface area contributed by atoms with Crippen LogP contribution >= 0.6 is 0 Å². The lowest BCUT2D eigenvalue weighted by atomic mass is 9.96. The first kappa shape index (κ1) is 15.3. The van der Waals surface area contributed by atoms with Crippen molar-refractivity contribution in [3.63, 3.8) is 0 Å². The van der Waals surface area contributed by atoms with Crippen molar-refractivity contribution in [2.45, 2.75) is 58.4 Å². The molecule has 0 bridgehead atoms. The molecule has 0 unspecified atom stereocenters. The predicted molar refractivity (Wildman–Crippen MR) is 78.9 cm³/mol. The average molecular weight is 254 g/mol. The Bertz CT molecular complexity index is 230. The summed E-state index contributed by atoms with van der Waals surface area (Å²) in [4.78, 5) is 6.83. The van der Waals surface area contributed by atoms with Crippen LogP contribution in [0.5, 0.6) is 0 Å². The third-order valence-electron chi connectivity index (χ3n) is 3.77. The van der Waals surface area contributed by atoms with Crippen LogP contribution in [0, 0.1) is 0 Å². The molecule has 0 spiro atoms. The van der Waals surface area contributed by atoms with Gasteiger partial charge in [-0.15, -0.1) is 0 Å². The minimum atomic E-state index is 0.560. The fourth-order valence-corrected chi connectivity index (χ4v) is 2.54. The standard InChI is InChI=1S/C14H30N4/c1-3-18(4-2)12-8-11-16-14(15)17-13-9-6-5-7-10-13/h13H,3-12H2,1-2H3,(H3,15,16,17). The van der Waals surface area contributed by atoms with Gasteiger partial charge in [-0.05, 0) is 38.9 Å². The highest BCUT2D eigenvalue weighted by Crippen LogP contribution is 2.16. The number of aliphatic imine (C=N–C) groups is 1. The van der Waals surface area contributed by atoms with Crippen LogP contribution in [-0.4, -0.2) is 43.1 Å². The van der Waals surface area contributed by atoms with Crippen LogP contribution in [0.2, 0.25) is 0 Å². The minimum Gasteiger partial charge on any atom is -0.370 e. The lowest BCUT2D eigenvalue weighted by Gasteiger charge is -2.23. The van der Waals surface area contributed by atoms with Crippen molar-refractivity contribution >= 4 is 5.96 Å². The van der Waals surface area contributed by atoms with Gasteiger partial charge in [-0.3, -0.25) is 4.99 Å². The van der Waals surface area contributed by atoms with Crippen LogP contribution in [0.1, 0.15) is 52.4 Å². The Morgan fingerprint density at radius 1 is 1.22 bits per heavy atom. The predicted octanol–water partition coefficient (Wildman–Crippen LogP) is 1.96. The molecule has 0 aromatic rings. The van der Waals surface area contributed by atoms with Gasteiger partial charge in [0.25, 0.3) is 0 Å².